The number of aliphatic hydroxyl groups is 1. The van der Waals surface area contributed by atoms with Crippen molar-refractivity contribution >= 4 is 11.8 Å². The molecule has 0 aromatic carbocycles. The number of aromatic nitrogens is 2. The van der Waals surface area contributed by atoms with Crippen LogP contribution in [0.1, 0.15) is 18.4 Å². The number of hydrazine groups is 1. The molecule has 2 rings (SSSR count). The Morgan fingerprint density at radius 1 is 1.60 bits per heavy atom. The number of nitrogens with zero attached hydrogens (tertiary/aromatic N) is 2. The number of nitrogen functional groups attached to an aromatic ring is 1. The predicted octanol–water partition coefficient (Wildman–Crippen LogP) is 0.00742. The Bertz CT molecular complexity index is 364. The van der Waals surface area contributed by atoms with Crippen molar-refractivity contribution in [3.8, 4) is 0 Å². The van der Waals surface area contributed by atoms with Crippen molar-refractivity contribution in [3.05, 3.63) is 11.8 Å². The highest BCUT2D eigenvalue weighted by Gasteiger charge is 2.42. The van der Waals surface area contributed by atoms with E-state index in [1.807, 2.05) is 6.92 Å². The van der Waals surface area contributed by atoms with Crippen molar-refractivity contribution in [2.24, 2.45) is 5.84 Å². The highest BCUT2D eigenvalue weighted by atomic mass is 16.3. The van der Waals surface area contributed by atoms with Crippen LogP contribution in [0.3, 0.4) is 0 Å². The molecule has 0 unspecified atom stereocenters. The number of nitrogens with one attached hydrogen (secondary N) is 2. The fraction of sp³-hybridized carbons (Fsp3) is 0.556. The second kappa shape index (κ2) is 3.63. The molecule has 1 heterocycles. The summed E-state index contributed by atoms with van der Waals surface area (Å²) in [7, 11) is 0. The molecule has 15 heavy (non-hydrogen) atoms. The van der Waals surface area contributed by atoms with Gasteiger partial charge in [-0.25, -0.2) is 10.8 Å². The van der Waals surface area contributed by atoms with Crippen molar-refractivity contribution in [2.45, 2.75) is 25.3 Å². The molecule has 82 valence electrons. The zero-order valence-electron chi connectivity index (χ0n) is 8.62. The van der Waals surface area contributed by atoms with Crippen molar-refractivity contribution in [1.82, 2.24) is 9.97 Å². The van der Waals surface area contributed by atoms with E-state index in [-0.39, 0.29) is 12.1 Å². The highest BCUT2D eigenvalue weighted by Crippen LogP contribution is 2.38. The van der Waals surface area contributed by atoms with Gasteiger partial charge in [0, 0.05) is 11.8 Å². The summed E-state index contributed by atoms with van der Waals surface area (Å²) in [6.07, 6.45) is 3.63. The van der Waals surface area contributed by atoms with Gasteiger partial charge in [0.15, 0.2) is 0 Å². The first-order valence-corrected chi connectivity index (χ1v) is 4.88. The maximum atomic E-state index is 9.19. The van der Waals surface area contributed by atoms with E-state index in [1.165, 1.54) is 0 Å². The van der Waals surface area contributed by atoms with E-state index in [2.05, 4.69) is 20.7 Å². The molecule has 0 bridgehead atoms. The number of rotatable bonds is 4. The minimum atomic E-state index is -0.176. The van der Waals surface area contributed by atoms with Gasteiger partial charge in [-0.1, -0.05) is 0 Å². The van der Waals surface area contributed by atoms with Gasteiger partial charge in [-0.05, 0) is 19.8 Å². The summed E-state index contributed by atoms with van der Waals surface area (Å²) in [6.45, 7) is 2.04. The second-order valence-corrected chi connectivity index (χ2v) is 3.93. The zero-order valence-corrected chi connectivity index (χ0v) is 8.62. The molecule has 0 aliphatic heterocycles. The highest BCUT2D eigenvalue weighted by molar-refractivity contribution is 5.49. The smallest absolute Gasteiger partial charge is 0.239 e. The number of hydrogen-bond acceptors (Lipinski definition) is 6. The summed E-state index contributed by atoms with van der Waals surface area (Å²) in [5.74, 6) is 6.33. The molecule has 0 radical (unpaired) electrons. The van der Waals surface area contributed by atoms with Crippen molar-refractivity contribution in [3.63, 3.8) is 0 Å². The van der Waals surface area contributed by atoms with Crippen LogP contribution in [0.4, 0.5) is 11.8 Å². The Kier molecular flexibility index (Phi) is 2.45. The lowest BCUT2D eigenvalue weighted by Gasteiger charge is -2.16. The van der Waals surface area contributed by atoms with Crippen molar-refractivity contribution in [2.75, 3.05) is 17.3 Å². The quantitative estimate of drug-likeness (QED) is 0.412. The number of hydrogen-bond donors (Lipinski definition) is 4. The largest absolute Gasteiger partial charge is 0.394 e. The van der Waals surface area contributed by atoms with Crippen molar-refractivity contribution < 1.29 is 5.11 Å². The third-order valence-electron chi connectivity index (χ3n) is 2.64. The molecule has 1 aliphatic carbocycles. The van der Waals surface area contributed by atoms with Gasteiger partial charge in [-0.2, -0.15) is 4.98 Å². The van der Waals surface area contributed by atoms with E-state index in [4.69, 9.17) is 5.84 Å². The lowest BCUT2D eigenvalue weighted by atomic mass is 10.2. The fourth-order valence-corrected chi connectivity index (χ4v) is 1.36. The van der Waals surface area contributed by atoms with Gasteiger partial charge in [-0.3, -0.25) is 5.43 Å². The molecule has 0 spiro atoms. The van der Waals surface area contributed by atoms with Crippen LogP contribution in [0.2, 0.25) is 0 Å². The number of anilines is 2. The third-order valence-corrected chi connectivity index (χ3v) is 2.64. The van der Waals surface area contributed by atoms with Crippen LogP contribution >= 0.6 is 0 Å². The Morgan fingerprint density at radius 3 is 2.87 bits per heavy atom. The van der Waals surface area contributed by atoms with Crippen molar-refractivity contribution in [1.29, 1.82) is 0 Å². The summed E-state index contributed by atoms with van der Waals surface area (Å²) in [6, 6.07) is 0. The molecule has 1 aromatic heterocycles. The molecule has 1 aliphatic rings. The van der Waals surface area contributed by atoms with E-state index < -0.39 is 0 Å². The molecule has 0 saturated heterocycles. The van der Waals surface area contributed by atoms with Crippen LogP contribution < -0.4 is 16.6 Å². The predicted molar refractivity (Wildman–Crippen MR) is 57.3 cm³/mol. The Balaban J connectivity index is 2.19. The maximum absolute atomic E-state index is 9.19. The first-order valence-electron chi connectivity index (χ1n) is 4.88. The molecular formula is C9H15N5O. The van der Waals surface area contributed by atoms with E-state index in [0.29, 0.717) is 5.95 Å². The Labute approximate surface area is 87.9 Å². The summed E-state index contributed by atoms with van der Waals surface area (Å²) >= 11 is 0. The molecule has 5 N–H and O–H groups in total. The van der Waals surface area contributed by atoms with E-state index >= 15 is 0 Å². The van der Waals surface area contributed by atoms with E-state index in [0.717, 1.165) is 24.2 Å². The molecule has 1 saturated carbocycles. The zero-order chi connectivity index (χ0) is 10.9. The standard InChI is InChI=1S/C9H15N5O/c1-6-4-11-8(14-10)12-7(6)13-9(5-15)2-3-9/h4,15H,2-3,5,10H2,1H3,(H2,11,12,13,14). The van der Waals surface area contributed by atoms with Gasteiger partial charge in [0.05, 0.1) is 12.1 Å². The topological polar surface area (TPSA) is 96.1 Å². The molecule has 0 amide bonds. The molecular weight excluding hydrogens is 194 g/mol. The molecule has 1 aromatic rings. The van der Waals surface area contributed by atoms with Crippen LogP contribution in [-0.2, 0) is 0 Å². The van der Waals surface area contributed by atoms with E-state index in [1.54, 1.807) is 6.20 Å². The average Bonchev–Trinajstić information content (AvgIpc) is 3.02. The number of nitrogens with two attached hydrogens (primary N) is 1. The lowest BCUT2D eigenvalue weighted by Crippen LogP contribution is -2.27. The minimum Gasteiger partial charge on any atom is -0.394 e. The Morgan fingerprint density at radius 2 is 2.33 bits per heavy atom. The SMILES string of the molecule is Cc1cnc(NN)nc1NC1(CO)CC1. The minimum absolute atomic E-state index is 0.127. The van der Waals surface area contributed by atoms with Gasteiger partial charge in [-0.15, -0.1) is 0 Å². The first kappa shape index (κ1) is 10.1. The lowest BCUT2D eigenvalue weighted by molar-refractivity contribution is 0.266. The van der Waals surface area contributed by atoms with E-state index in [9.17, 15) is 5.11 Å². The van der Waals surface area contributed by atoms with Gasteiger partial charge < -0.3 is 10.4 Å². The summed E-state index contributed by atoms with van der Waals surface area (Å²) in [4.78, 5) is 8.18. The van der Waals surface area contributed by atoms with Gasteiger partial charge >= 0.3 is 0 Å². The van der Waals surface area contributed by atoms with Crippen LogP contribution in [0.25, 0.3) is 0 Å². The Hall–Kier alpha value is -1.40. The molecule has 0 atom stereocenters. The van der Waals surface area contributed by atoms with Gasteiger partial charge in [0.1, 0.15) is 5.82 Å². The molecule has 6 heteroatoms. The van der Waals surface area contributed by atoms with Crippen LogP contribution in [0, 0.1) is 6.92 Å². The van der Waals surface area contributed by atoms with Crippen LogP contribution in [0.15, 0.2) is 6.20 Å². The molecule has 6 nitrogen and oxygen atoms in total. The second-order valence-electron chi connectivity index (χ2n) is 3.93. The van der Waals surface area contributed by atoms with Crippen LogP contribution in [-0.4, -0.2) is 27.2 Å². The number of aryl methyl sites for hydroxylation is 1. The normalized spacial score (nSPS) is 17.3. The fourth-order valence-electron chi connectivity index (χ4n) is 1.36. The number of aliphatic hydroxyl groups excluding tert-OH is 1. The first-order chi connectivity index (χ1) is 7.19. The summed E-state index contributed by atoms with van der Waals surface area (Å²) < 4.78 is 0. The monoisotopic (exact) mass is 209 g/mol. The summed E-state index contributed by atoms with van der Waals surface area (Å²) in [5.41, 5.74) is 3.16. The third kappa shape index (κ3) is 2.00. The summed E-state index contributed by atoms with van der Waals surface area (Å²) in [5, 5.41) is 12.4. The maximum Gasteiger partial charge on any atom is 0.239 e. The molecule has 1 fully saturated rings. The average molecular weight is 209 g/mol. The van der Waals surface area contributed by atoms with Gasteiger partial charge in [0.2, 0.25) is 5.95 Å². The van der Waals surface area contributed by atoms with Gasteiger partial charge in [0.25, 0.3) is 0 Å². The van der Waals surface area contributed by atoms with Crippen LogP contribution in [0.5, 0.6) is 0 Å².